The Labute approximate surface area is 108 Å². The first kappa shape index (κ1) is 12.0. The molecule has 0 aliphatic heterocycles. The fraction of sp³-hybridized carbons (Fsp3) is 0.182. The lowest BCUT2D eigenvalue weighted by Crippen LogP contribution is -2.11. The number of nitrogens with one attached hydrogen (secondary N) is 1. The summed E-state index contributed by atoms with van der Waals surface area (Å²) in [6.45, 7) is 1.99. The number of amides is 1. The van der Waals surface area contributed by atoms with Crippen molar-refractivity contribution in [2.45, 2.75) is 12.8 Å². The number of aryl methyl sites for hydroxylation is 1. The van der Waals surface area contributed by atoms with E-state index >= 15 is 0 Å². The molecule has 17 heavy (non-hydrogen) atoms. The summed E-state index contributed by atoms with van der Waals surface area (Å²) in [5.74, 6) is 0.0119. The third-order valence-corrected chi connectivity index (χ3v) is 3.42. The van der Waals surface area contributed by atoms with E-state index in [0.717, 1.165) is 11.3 Å². The van der Waals surface area contributed by atoms with E-state index in [0.29, 0.717) is 10.0 Å². The van der Waals surface area contributed by atoms with Crippen LogP contribution in [0.3, 0.4) is 0 Å². The van der Waals surface area contributed by atoms with Crippen molar-refractivity contribution in [3.63, 3.8) is 0 Å². The van der Waals surface area contributed by atoms with Gasteiger partial charge >= 0.3 is 0 Å². The number of hydrogen-bond acceptors (Lipinski definition) is 4. The van der Waals surface area contributed by atoms with Crippen LogP contribution in [0.25, 0.3) is 0 Å². The first-order chi connectivity index (χ1) is 8.19. The Hall–Kier alpha value is -1.46. The summed E-state index contributed by atoms with van der Waals surface area (Å²) < 4.78 is 0. The number of nitrogens with zero attached hydrogens (tertiary/aromatic N) is 2. The van der Waals surface area contributed by atoms with Gasteiger partial charge in [-0.2, -0.15) is 0 Å². The predicted octanol–water partition coefficient (Wildman–Crippen LogP) is 2.84. The molecule has 0 atom stereocenters. The van der Waals surface area contributed by atoms with Crippen LogP contribution in [0.1, 0.15) is 20.4 Å². The average molecular weight is 268 g/mol. The summed E-state index contributed by atoms with van der Waals surface area (Å²) in [4.78, 5) is 11.8. The van der Waals surface area contributed by atoms with Crippen LogP contribution in [0.15, 0.2) is 24.3 Å². The third kappa shape index (κ3) is 3.01. The zero-order chi connectivity index (χ0) is 12.3. The largest absolute Gasteiger partial charge is 0.320 e. The van der Waals surface area contributed by atoms with Crippen molar-refractivity contribution in [2.24, 2.45) is 0 Å². The van der Waals surface area contributed by atoms with E-state index < -0.39 is 0 Å². The molecule has 88 valence electrons. The molecular formula is C11H10ClN3OS. The number of alkyl halides is 1. The van der Waals surface area contributed by atoms with Gasteiger partial charge in [-0.05, 0) is 19.1 Å². The average Bonchev–Trinajstić information content (AvgIpc) is 2.81. The Balaban J connectivity index is 2.08. The number of halogens is 1. The summed E-state index contributed by atoms with van der Waals surface area (Å²) in [5, 5.41) is 11.3. The molecule has 0 unspecified atom stereocenters. The minimum atomic E-state index is -0.261. The highest BCUT2D eigenvalue weighted by molar-refractivity contribution is 7.13. The SMILES string of the molecule is Cc1ccc(NC(=O)c2nnc(CCl)s2)cc1. The number of anilines is 1. The van der Waals surface area contributed by atoms with Crippen LogP contribution in [0.5, 0.6) is 0 Å². The maximum Gasteiger partial charge on any atom is 0.286 e. The highest BCUT2D eigenvalue weighted by Crippen LogP contribution is 2.15. The van der Waals surface area contributed by atoms with Crippen LogP contribution in [-0.4, -0.2) is 16.1 Å². The first-order valence-corrected chi connectivity index (χ1v) is 6.30. The van der Waals surface area contributed by atoms with Gasteiger partial charge in [0.05, 0.1) is 5.88 Å². The standard InChI is InChI=1S/C11H10ClN3OS/c1-7-2-4-8(5-3-7)13-10(16)11-15-14-9(6-12)17-11/h2-5H,6H2,1H3,(H,13,16). The fourth-order valence-electron chi connectivity index (χ4n) is 1.22. The van der Waals surface area contributed by atoms with Crippen LogP contribution >= 0.6 is 22.9 Å². The molecule has 0 bridgehead atoms. The van der Waals surface area contributed by atoms with Crippen molar-refractivity contribution in [3.05, 3.63) is 39.8 Å². The van der Waals surface area contributed by atoms with Gasteiger partial charge in [0.25, 0.3) is 5.91 Å². The van der Waals surface area contributed by atoms with Crippen molar-refractivity contribution in [1.82, 2.24) is 10.2 Å². The van der Waals surface area contributed by atoms with Gasteiger partial charge in [0.1, 0.15) is 5.01 Å². The summed E-state index contributed by atoms with van der Waals surface area (Å²) in [6.07, 6.45) is 0. The van der Waals surface area contributed by atoms with Crippen molar-refractivity contribution in [3.8, 4) is 0 Å². The second kappa shape index (κ2) is 5.25. The van der Waals surface area contributed by atoms with Crippen molar-refractivity contribution >= 4 is 34.5 Å². The molecular weight excluding hydrogens is 258 g/mol. The van der Waals surface area contributed by atoms with Gasteiger partial charge in [-0.1, -0.05) is 29.0 Å². The first-order valence-electron chi connectivity index (χ1n) is 4.95. The van der Waals surface area contributed by atoms with E-state index in [-0.39, 0.29) is 11.8 Å². The van der Waals surface area contributed by atoms with E-state index in [9.17, 15) is 4.79 Å². The lowest BCUT2D eigenvalue weighted by atomic mass is 10.2. The molecule has 0 aliphatic carbocycles. The molecule has 2 rings (SSSR count). The minimum absolute atomic E-state index is 0.261. The second-order valence-corrected chi connectivity index (χ2v) is 4.78. The smallest absolute Gasteiger partial charge is 0.286 e. The van der Waals surface area contributed by atoms with Crippen LogP contribution in [0.2, 0.25) is 0 Å². The van der Waals surface area contributed by atoms with E-state index in [1.54, 1.807) is 0 Å². The maximum atomic E-state index is 11.8. The maximum absolute atomic E-state index is 11.8. The Bertz CT molecular complexity index is 524. The molecule has 0 saturated heterocycles. The Morgan fingerprint density at radius 1 is 1.35 bits per heavy atom. The molecule has 1 amide bonds. The highest BCUT2D eigenvalue weighted by Gasteiger charge is 2.12. The van der Waals surface area contributed by atoms with E-state index in [1.165, 1.54) is 11.3 Å². The molecule has 1 aromatic heterocycles. The van der Waals surface area contributed by atoms with Crippen LogP contribution in [0.4, 0.5) is 5.69 Å². The van der Waals surface area contributed by atoms with Gasteiger partial charge in [-0.15, -0.1) is 21.8 Å². The van der Waals surface area contributed by atoms with Gasteiger partial charge in [0.15, 0.2) is 0 Å². The zero-order valence-electron chi connectivity index (χ0n) is 9.11. The van der Waals surface area contributed by atoms with E-state index in [1.807, 2.05) is 31.2 Å². The molecule has 6 heteroatoms. The van der Waals surface area contributed by atoms with Crippen molar-refractivity contribution < 1.29 is 4.79 Å². The van der Waals surface area contributed by atoms with Gasteiger partial charge in [0.2, 0.25) is 5.01 Å². The molecule has 2 aromatic rings. The molecule has 1 aromatic carbocycles. The number of carbonyl (C=O) groups excluding carboxylic acids is 1. The molecule has 4 nitrogen and oxygen atoms in total. The van der Waals surface area contributed by atoms with Gasteiger partial charge < -0.3 is 5.32 Å². The molecule has 0 spiro atoms. The number of hydrogen-bond donors (Lipinski definition) is 1. The Morgan fingerprint density at radius 3 is 2.65 bits per heavy atom. The Morgan fingerprint density at radius 2 is 2.06 bits per heavy atom. The number of carbonyl (C=O) groups is 1. The summed E-state index contributed by atoms with van der Waals surface area (Å²) in [5.41, 5.74) is 1.88. The van der Waals surface area contributed by atoms with Gasteiger partial charge in [-0.3, -0.25) is 4.79 Å². The van der Waals surface area contributed by atoms with E-state index in [2.05, 4.69) is 15.5 Å². The van der Waals surface area contributed by atoms with Gasteiger partial charge in [-0.25, -0.2) is 0 Å². The highest BCUT2D eigenvalue weighted by atomic mass is 35.5. The molecule has 0 aliphatic rings. The zero-order valence-corrected chi connectivity index (χ0v) is 10.7. The summed E-state index contributed by atoms with van der Waals surface area (Å²) >= 11 is 6.80. The fourth-order valence-corrected chi connectivity index (χ4v) is 2.02. The quantitative estimate of drug-likeness (QED) is 0.870. The Kier molecular flexibility index (Phi) is 3.71. The summed E-state index contributed by atoms with van der Waals surface area (Å²) in [6, 6.07) is 7.55. The van der Waals surface area contributed by atoms with Crippen molar-refractivity contribution in [2.75, 3.05) is 5.32 Å². The molecule has 0 saturated carbocycles. The minimum Gasteiger partial charge on any atom is -0.320 e. The second-order valence-electron chi connectivity index (χ2n) is 3.45. The lowest BCUT2D eigenvalue weighted by molar-refractivity contribution is 0.102. The molecule has 1 heterocycles. The number of aromatic nitrogens is 2. The third-order valence-electron chi connectivity index (χ3n) is 2.08. The summed E-state index contributed by atoms with van der Waals surface area (Å²) in [7, 11) is 0. The lowest BCUT2D eigenvalue weighted by Gasteiger charge is -2.02. The number of rotatable bonds is 3. The topological polar surface area (TPSA) is 54.9 Å². The van der Waals surface area contributed by atoms with Crippen molar-refractivity contribution in [1.29, 1.82) is 0 Å². The van der Waals surface area contributed by atoms with Crippen LogP contribution in [0, 0.1) is 6.92 Å². The normalized spacial score (nSPS) is 10.2. The van der Waals surface area contributed by atoms with Crippen LogP contribution in [-0.2, 0) is 5.88 Å². The monoisotopic (exact) mass is 267 g/mol. The van der Waals surface area contributed by atoms with Gasteiger partial charge in [0, 0.05) is 5.69 Å². The molecule has 0 fully saturated rings. The molecule has 1 N–H and O–H groups in total. The predicted molar refractivity (Wildman–Crippen MR) is 68.6 cm³/mol. The number of benzene rings is 1. The molecule has 0 radical (unpaired) electrons. The van der Waals surface area contributed by atoms with Crippen LogP contribution < -0.4 is 5.32 Å². The van der Waals surface area contributed by atoms with E-state index in [4.69, 9.17) is 11.6 Å².